The van der Waals surface area contributed by atoms with Crippen molar-refractivity contribution in [1.29, 1.82) is 0 Å². The Morgan fingerprint density at radius 2 is 1.89 bits per heavy atom. The lowest BCUT2D eigenvalue weighted by Crippen LogP contribution is -2.42. The van der Waals surface area contributed by atoms with Gasteiger partial charge in [-0.25, -0.2) is 0 Å². The molecule has 2 atom stereocenters. The van der Waals surface area contributed by atoms with E-state index >= 15 is 0 Å². The standard InChI is InChI=1S/C16H26N2O/c1-10(2)8-15(17)16(19)18-13(5)14-9-11(3)6-7-12(14)4/h6-7,9-10,13,15H,8,17H2,1-5H3,(H,18,19). The molecule has 0 bridgehead atoms. The van der Waals surface area contributed by atoms with Crippen LogP contribution in [0.2, 0.25) is 0 Å². The van der Waals surface area contributed by atoms with Crippen LogP contribution >= 0.6 is 0 Å². The fourth-order valence-electron chi connectivity index (χ4n) is 2.24. The van der Waals surface area contributed by atoms with Crippen molar-refractivity contribution >= 4 is 5.91 Å². The van der Waals surface area contributed by atoms with Gasteiger partial charge in [0.1, 0.15) is 0 Å². The van der Waals surface area contributed by atoms with Gasteiger partial charge in [-0.1, -0.05) is 37.6 Å². The Balaban J connectivity index is 2.71. The maximum Gasteiger partial charge on any atom is 0.237 e. The number of carbonyl (C=O) groups excluding carboxylic acids is 1. The molecule has 0 aliphatic heterocycles. The Bertz CT molecular complexity index is 440. The average Bonchev–Trinajstić information content (AvgIpc) is 2.31. The number of hydrogen-bond donors (Lipinski definition) is 2. The van der Waals surface area contributed by atoms with Gasteiger partial charge in [0.15, 0.2) is 0 Å². The Morgan fingerprint density at radius 1 is 1.26 bits per heavy atom. The van der Waals surface area contributed by atoms with Gasteiger partial charge < -0.3 is 11.1 Å². The number of benzene rings is 1. The largest absolute Gasteiger partial charge is 0.348 e. The number of aryl methyl sites for hydroxylation is 2. The lowest BCUT2D eigenvalue weighted by molar-refractivity contribution is -0.123. The molecular weight excluding hydrogens is 236 g/mol. The highest BCUT2D eigenvalue weighted by Gasteiger charge is 2.18. The first kappa shape index (κ1) is 15.7. The summed E-state index contributed by atoms with van der Waals surface area (Å²) in [6.45, 7) is 10.3. The molecule has 0 spiro atoms. The van der Waals surface area contributed by atoms with E-state index < -0.39 is 6.04 Å². The first-order chi connectivity index (χ1) is 8.81. The Kier molecular flexibility index (Phi) is 5.55. The van der Waals surface area contributed by atoms with Crippen LogP contribution in [0.3, 0.4) is 0 Å². The third-order valence-electron chi connectivity index (χ3n) is 3.32. The molecule has 0 aliphatic carbocycles. The molecule has 1 amide bonds. The molecule has 1 aromatic carbocycles. The monoisotopic (exact) mass is 262 g/mol. The van der Waals surface area contributed by atoms with Gasteiger partial charge in [-0.3, -0.25) is 4.79 Å². The fourth-order valence-corrected chi connectivity index (χ4v) is 2.24. The van der Waals surface area contributed by atoms with Crippen LogP contribution in [0, 0.1) is 19.8 Å². The number of nitrogens with two attached hydrogens (primary N) is 1. The second-order valence-electron chi connectivity index (χ2n) is 5.83. The van der Waals surface area contributed by atoms with Crippen molar-refractivity contribution in [2.45, 2.75) is 53.1 Å². The summed E-state index contributed by atoms with van der Waals surface area (Å²) in [6, 6.07) is 5.85. The van der Waals surface area contributed by atoms with Crippen molar-refractivity contribution in [2.75, 3.05) is 0 Å². The minimum atomic E-state index is -0.424. The molecule has 0 heterocycles. The van der Waals surface area contributed by atoms with Crippen LogP contribution in [-0.4, -0.2) is 11.9 Å². The fraction of sp³-hybridized carbons (Fsp3) is 0.562. The minimum Gasteiger partial charge on any atom is -0.348 e. The maximum atomic E-state index is 12.0. The smallest absolute Gasteiger partial charge is 0.237 e. The van der Waals surface area contributed by atoms with E-state index in [2.05, 4.69) is 51.2 Å². The van der Waals surface area contributed by atoms with Gasteiger partial charge >= 0.3 is 0 Å². The lowest BCUT2D eigenvalue weighted by Gasteiger charge is -2.20. The van der Waals surface area contributed by atoms with E-state index in [0.717, 1.165) is 5.56 Å². The SMILES string of the molecule is Cc1ccc(C)c(C(C)NC(=O)C(N)CC(C)C)c1. The lowest BCUT2D eigenvalue weighted by atomic mass is 9.99. The highest BCUT2D eigenvalue weighted by atomic mass is 16.2. The van der Waals surface area contributed by atoms with Crippen LogP contribution in [-0.2, 0) is 4.79 Å². The van der Waals surface area contributed by atoms with Gasteiger partial charge in [0.2, 0.25) is 5.91 Å². The molecule has 3 N–H and O–H groups in total. The summed E-state index contributed by atoms with van der Waals surface area (Å²) in [6.07, 6.45) is 0.714. The summed E-state index contributed by atoms with van der Waals surface area (Å²) in [4.78, 5) is 12.0. The summed E-state index contributed by atoms with van der Waals surface area (Å²) in [7, 11) is 0. The molecule has 0 saturated heterocycles. The number of carbonyl (C=O) groups is 1. The topological polar surface area (TPSA) is 55.1 Å². The molecule has 1 aromatic rings. The van der Waals surface area contributed by atoms with Crippen LogP contribution in [0.15, 0.2) is 18.2 Å². The molecule has 0 fully saturated rings. The first-order valence-corrected chi connectivity index (χ1v) is 6.94. The molecule has 106 valence electrons. The summed E-state index contributed by atoms with van der Waals surface area (Å²) < 4.78 is 0. The predicted octanol–water partition coefficient (Wildman–Crippen LogP) is 2.85. The van der Waals surface area contributed by atoms with Crippen molar-refractivity contribution in [3.05, 3.63) is 34.9 Å². The zero-order valence-electron chi connectivity index (χ0n) is 12.7. The van der Waals surface area contributed by atoms with Crippen molar-refractivity contribution in [3.63, 3.8) is 0 Å². The summed E-state index contributed by atoms with van der Waals surface area (Å²) >= 11 is 0. The van der Waals surface area contributed by atoms with Gasteiger partial charge in [0.25, 0.3) is 0 Å². The van der Waals surface area contributed by atoms with Crippen molar-refractivity contribution in [1.82, 2.24) is 5.32 Å². The molecule has 2 unspecified atom stereocenters. The maximum absolute atomic E-state index is 12.0. The highest BCUT2D eigenvalue weighted by Crippen LogP contribution is 2.19. The molecule has 0 radical (unpaired) electrons. The molecule has 0 aliphatic rings. The van der Waals surface area contributed by atoms with Crippen molar-refractivity contribution in [2.24, 2.45) is 11.7 Å². The van der Waals surface area contributed by atoms with Crippen molar-refractivity contribution < 1.29 is 4.79 Å². The van der Waals surface area contributed by atoms with E-state index in [-0.39, 0.29) is 11.9 Å². The zero-order chi connectivity index (χ0) is 14.6. The molecule has 0 saturated carbocycles. The van der Waals surface area contributed by atoms with Gasteiger partial charge in [-0.05, 0) is 44.2 Å². The number of amides is 1. The number of nitrogens with one attached hydrogen (secondary N) is 1. The molecule has 3 nitrogen and oxygen atoms in total. The molecule has 3 heteroatoms. The first-order valence-electron chi connectivity index (χ1n) is 6.94. The normalized spacial score (nSPS) is 14.3. The number of rotatable bonds is 5. The van der Waals surface area contributed by atoms with E-state index in [0.29, 0.717) is 12.3 Å². The van der Waals surface area contributed by atoms with Gasteiger partial charge in [-0.15, -0.1) is 0 Å². The Morgan fingerprint density at radius 3 is 2.47 bits per heavy atom. The molecule has 19 heavy (non-hydrogen) atoms. The summed E-state index contributed by atoms with van der Waals surface area (Å²) in [5.74, 6) is 0.360. The molecule has 0 aromatic heterocycles. The third kappa shape index (κ3) is 4.67. The van der Waals surface area contributed by atoms with E-state index in [9.17, 15) is 4.79 Å². The zero-order valence-corrected chi connectivity index (χ0v) is 12.7. The van der Waals surface area contributed by atoms with E-state index in [4.69, 9.17) is 5.73 Å². The van der Waals surface area contributed by atoms with Gasteiger partial charge in [0.05, 0.1) is 12.1 Å². The second kappa shape index (κ2) is 6.71. The Labute approximate surface area is 116 Å². The van der Waals surface area contributed by atoms with Crippen LogP contribution in [0.1, 0.15) is 49.9 Å². The highest BCUT2D eigenvalue weighted by molar-refractivity contribution is 5.81. The minimum absolute atomic E-state index is 0.00869. The molecule has 1 rings (SSSR count). The molecular formula is C16H26N2O. The summed E-state index contributed by atoms with van der Waals surface area (Å²) in [5, 5.41) is 3.01. The van der Waals surface area contributed by atoms with E-state index in [1.54, 1.807) is 0 Å². The van der Waals surface area contributed by atoms with Crippen LogP contribution in [0.25, 0.3) is 0 Å². The number of hydrogen-bond acceptors (Lipinski definition) is 2. The van der Waals surface area contributed by atoms with E-state index in [1.807, 2.05) is 6.92 Å². The van der Waals surface area contributed by atoms with Crippen LogP contribution in [0.5, 0.6) is 0 Å². The van der Waals surface area contributed by atoms with Crippen molar-refractivity contribution in [3.8, 4) is 0 Å². The van der Waals surface area contributed by atoms with Gasteiger partial charge in [-0.2, -0.15) is 0 Å². The quantitative estimate of drug-likeness (QED) is 0.857. The van der Waals surface area contributed by atoms with Gasteiger partial charge in [0, 0.05) is 0 Å². The Hall–Kier alpha value is -1.35. The van der Waals surface area contributed by atoms with Crippen LogP contribution < -0.4 is 11.1 Å². The second-order valence-corrected chi connectivity index (χ2v) is 5.83. The van der Waals surface area contributed by atoms with Crippen LogP contribution in [0.4, 0.5) is 0 Å². The predicted molar refractivity (Wildman–Crippen MR) is 79.9 cm³/mol. The average molecular weight is 262 g/mol. The summed E-state index contributed by atoms with van der Waals surface area (Å²) in [5.41, 5.74) is 9.45. The third-order valence-corrected chi connectivity index (χ3v) is 3.32. The van der Waals surface area contributed by atoms with E-state index in [1.165, 1.54) is 11.1 Å².